The summed E-state index contributed by atoms with van der Waals surface area (Å²) in [4.78, 5) is 10.7. The fraction of sp³-hybridized carbons (Fsp3) is 0.944. The lowest BCUT2D eigenvalue weighted by atomic mass is 9.85. The second-order valence-electron chi connectivity index (χ2n) is 6.03. The van der Waals surface area contributed by atoms with E-state index in [1.807, 2.05) is 0 Å². The molecule has 2 nitrogen and oxygen atoms in total. The second-order valence-corrected chi connectivity index (χ2v) is 6.03. The van der Waals surface area contributed by atoms with Crippen LogP contribution in [0.4, 0.5) is 0 Å². The Kier molecular flexibility index (Phi) is 13.4. The summed E-state index contributed by atoms with van der Waals surface area (Å²) in [6.07, 6.45) is 15.5. The zero-order valence-corrected chi connectivity index (χ0v) is 14.1. The molecule has 0 fully saturated rings. The fourth-order valence-electron chi connectivity index (χ4n) is 2.89. The van der Waals surface area contributed by atoms with E-state index in [9.17, 15) is 4.79 Å². The summed E-state index contributed by atoms with van der Waals surface area (Å²) < 4.78 is 6.05. The SMILES string of the molecule is CCCCCC(CCCCC)(CCCCC)OCC=O. The van der Waals surface area contributed by atoms with Gasteiger partial charge in [-0.25, -0.2) is 0 Å². The van der Waals surface area contributed by atoms with Gasteiger partial charge in [0.2, 0.25) is 0 Å². The third-order valence-electron chi connectivity index (χ3n) is 4.17. The first kappa shape index (κ1) is 19.6. The van der Waals surface area contributed by atoms with Gasteiger partial charge in [0.25, 0.3) is 0 Å². The van der Waals surface area contributed by atoms with Crippen molar-refractivity contribution < 1.29 is 9.53 Å². The Labute approximate surface area is 126 Å². The molecule has 0 saturated heterocycles. The first-order valence-corrected chi connectivity index (χ1v) is 8.82. The molecule has 120 valence electrons. The quantitative estimate of drug-likeness (QED) is 0.285. The molecule has 0 radical (unpaired) electrons. The van der Waals surface area contributed by atoms with Crippen LogP contribution in [0.15, 0.2) is 0 Å². The number of ether oxygens (including phenoxy) is 1. The summed E-state index contributed by atoms with van der Waals surface area (Å²) in [7, 11) is 0. The van der Waals surface area contributed by atoms with Gasteiger partial charge >= 0.3 is 0 Å². The molecular formula is C18H36O2. The van der Waals surface area contributed by atoms with E-state index in [-0.39, 0.29) is 12.2 Å². The van der Waals surface area contributed by atoms with Crippen molar-refractivity contribution in [2.24, 2.45) is 0 Å². The largest absolute Gasteiger partial charge is 0.368 e. The lowest BCUT2D eigenvalue weighted by Gasteiger charge is -2.34. The molecule has 0 aliphatic carbocycles. The first-order valence-electron chi connectivity index (χ1n) is 8.82. The summed E-state index contributed by atoms with van der Waals surface area (Å²) in [5.41, 5.74) is -0.0274. The third-order valence-corrected chi connectivity index (χ3v) is 4.17. The van der Waals surface area contributed by atoms with E-state index in [0.717, 1.165) is 25.5 Å². The number of carbonyl (C=O) groups excluding carboxylic acids is 1. The minimum atomic E-state index is -0.0274. The lowest BCUT2D eigenvalue weighted by molar-refractivity contribution is -0.122. The normalized spacial score (nSPS) is 11.8. The van der Waals surface area contributed by atoms with Crippen LogP contribution in [0.3, 0.4) is 0 Å². The Morgan fingerprint density at radius 2 is 1.15 bits per heavy atom. The summed E-state index contributed by atoms with van der Waals surface area (Å²) in [5, 5.41) is 0. The molecule has 0 atom stereocenters. The van der Waals surface area contributed by atoms with E-state index in [0.29, 0.717) is 0 Å². The minimum absolute atomic E-state index is 0.0274. The molecule has 0 bridgehead atoms. The zero-order chi connectivity index (χ0) is 15.1. The molecule has 0 amide bonds. The molecule has 0 spiro atoms. The number of rotatable bonds is 15. The van der Waals surface area contributed by atoms with Gasteiger partial charge in [-0.15, -0.1) is 0 Å². The van der Waals surface area contributed by atoms with E-state index in [2.05, 4.69) is 20.8 Å². The number of unbranched alkanes of at least 4 members (excludes halogenated alkanes) is 6. The van der Waals surface area contributed by atoms with Crippen molar-refractivity contribution in [1.29, 1.82) is 0 Å². The highest BCUT2D eigenvalue weighted by molar-refractivity contribution is 5.50. The van der Waals surface area contributed by atoms with Gasteiger partial charge in [0.1, 0.15) is 12.9 Å². The monoisotopic (exact) mass is 284 g/mol. The Morgan fingerprint density at radius 1 is 0.750 bits per heavy atom. The maximum absolute atomic E-state index is 10.7. The summed E-state index contributed by atoms with van der Waals surface area (Å²) in [6.45, 7) is 6.98. The predicted octanol–water partition coefficient (Wildman–Crippen LogP) is 5.68. The second kappa shape index (κ2) is 13.6. The number of aldehydes is 1. The van der Waals surface area contributed by atoms with E-state index in [1.165, 1.54) is 57.8 Å². The molecule has 0 unspecified atom stereocenters. The molecule has 0 aromatic rings. The van der Waals surface area contributed by atoms with Gasteiger partial charge in [0.15, 0.2) is 0 Å². The average Bonchev–Trinajstić information content (AvgIpc) is 2.46. The van der Waals surface area contributed by atoms with Crippen LogP contribution in [0, 0.1) is 0 Å². The molecule has 0 rings (SSSR count). The van der Waals surface area contributed by atoms with Crippen molar-refractivity contribution in [1.82, 2.24) is 0 Å². The number of hydrogen-bond donors (Lipinski definition) is 0. The Bertz CT molecular complexity index is 187. The summed E-state index contributed by atoms with van der Waals surface area (Å²) in [5.74, 6) is 0. The molecule has 0 aliphatic heterocycles. The topological polar surface area (TPSA) is 26.3 Å². The van der Waals surface area contributed by atoms with Gasteiger partial charge in [0, 0.05) is 0 Å². The fourth-order valence-corrected chi connectivity index (χ4v) is 2.89. The van der Waals surface area contributed by atoms with Gasteiger partial charge in [-0.05, 0) is 19.3 Å². The van der Waals surface area contributed by atoms with Gasteiger partial charge in [0.05, 0.1) is 5.60 Å². The number of carbonyl (C=O) groups is 1. The molecule has 0 aromatic heterocycles. The van der Waals surface area contributed by atoms with E-state index < -0.39 is 0 Å². The molecular weight excluding hydrogens is 248 g/mol. The van der Waals surface area contributed by atoms with Gasteiger partial charge in [-0.1, -0.05) is 78.6 Å². The van der Waals surface area contributed by atoms with Crippen molar-refractivity contribution in [3.8, 4) is 0 Å². The van der Waals surface area contributed by atoms with Crippen LogP contribution in [-0.2, 0) is 9.53 Å². The molecule has 0 N–H and O–H groups in total. The summed E-state index contributed by atoms with van der Waals surface area (Å²) >= 11 is 0. The predicted molar refractivity (Wildman–Crippen MR) is 87.2 cm³/mol. The molecule has 0 heterocycles. The third kappa shape index (κ3) is 9.52. The van der Waals surface area contributed by atoms with Gasteiger partial charge in [-0.3, -0.25) is 0 Å². The van der Waals surface area contributed by atoms with Crippen LogP contribution < -0.4 is 0 Å². The summed E-state index contributed by atoms with van der Waals surface area (Å²) in [6, 6.07) is 0. The standard InChI is InChI=1S/C18H36O2/c1-4-7-10-13-18(20-17-16-19,14-11-8-5-2)15-12-9-6-3/h16H,4-15,17H2,1-3H3. The smallest absolute Gasteiger partial charge is 0.145 e. The van der Waals surface area contributed by atoms with Crippen molar-refractivity contribution >= 4 is 6.29 Å². The Balaban J connectivity index is 4.51. The van der Waals surface area contributed by atoms with Crippen LogP contribution >= 0.6 is 0 Å². The maximum Gasteiger partial charge on any atom is 0.145 e. The van der Waals surface area contributed by atoms with Crippen molar-refractivity contribution in [2.75, 3.05) is 6.61 Å². The highest BCUT2D eigenvalue weighted by Gasteiger charge is 2.29. The van der Waals surface area contributed by atoms with Crippen molar-refractivity contribution in [3.63, 3.8) is 0 Å². The molecule has 0 saturated carbocycles. The van der Waals surface area contributed by atoms with Crippen LogP contribution in [-0.4, -0.2) is 18.5 Å². The maximum atomic E-state index is 10.7. The van der Waals surface area contributed by atoms with Gasteiger partial charge < -0.3 is 9.53 Å². The van der Waals surface area contributed by atoms with Crippen molar-refractivity contribution in [2.45, 2.75) is 103 Å². The number of hydrogen-bond acceptors (Lipinski definition) is 2. The van der Waals surface area contributed by atoms with E-state index >= 15 is 0 Å². The zero-order valence-electron chi connectivity index (χ0n) is 14.1. The van der Waals surface area contributed by atoms with Crippen LogP contribution in [0.2, 0.25) is 0 Å². The van der Waals surface area contributed by atoms with E-state index in [1.54, 1.807) is 0 Å². The van der Waals surface area contributed by atoms with Crippen LogP contribution in [0.1, 0.15) is 97.8 Å². The van der Waals surface area contributed by atoms with Crippen LogP contribution in [0.5, 0.6) is 0 Å². The first-order chi connectivity index (χ1) is 9.74. The van der Waals surface area contributed by atoms with Crippen LogP contribution in [0.25, 0.3) is 0 Å². The minimum Gasteiger partial charge on any atom is -0.368 e. The van der Waals surface area contributed by atoms with Gasteiger partial charge in [-0.2, -0.15) is 0 Å². The highest BCUT2D eigenvalue weighted by Crippen LogP contribution is 2.32. The molecule has 20 heavy (non-hydrogen) atoms. The average molecular weight is 284 g/mol. The lowest BCUT2D eigenvalue weighted by Crippen LogP contribution is -2.33. The Morgan fingerprint density at radius 3 is 1.45 bits per heavy atom. The molecule has 0 aliphatic rings. The Hall–Kier alpha value is -0.370. The van der Waals surface area contributed by atoms with E-state index in [4.69, 9.17) is 4.74 Å². The molecule has 2 heteroatoms. The highest BCUT2D eigenvalue weighted by atomic mass is 16.5. The molecule has 0 aromatic carbocycles. The van der Waals surface area contributed by atoms with Crippen molar-refractivity contribution in [3.05, 3.63) is 0 Å².